The Bertz CT molecular complexity index is 862. The number of nitrogens with one attached hydrogen (secondary N) is 2. The highest BCUT2D eigenvalue weighted by molar-refractivity contribution is 7.22. The van der Waals surface area contributed by atoms with E-state index in [1.54, 1.807) is 6.07 Å². The van der Waals surface area contributed by atoms with Crippen molar-refractivity contribution in [2.24, 2.45) is 0 Å². The summed E-state index contributed by atoms with van der Waals surface area (Å²) in [5.41, 5.74) is 4.77. The lowest BCUT2D eigenvalue weighted by molar-refractivity contribution is 0.0954. The summed E-state index contributed by atoms with van der Waals surface area (Å²) >= 11 is 1.27. The van der Waals surface area contributed by atoms with Crippen LogP contribution in [0.2, 0.25) is 0 Å². The molecular weight excluding hydrogens is 324 g/mol. The van der Waals surface area contributed by atoms with E-state index in [9.17, 15) is 13.6 Å². The van der Waals surface area contributed by atoms with Gasteiger partial charge in [0.05, 0.1) is 11.8 Å². The Hall–Kier alpha value is -2.74. The molecule has 0 aliphatic rings. The van der Waals surface area contributed by atoms with Gasteiger partial charge in [0.25, 0.3) is 5.91 Å². The van der Waals surface area contributed by atoms with Crippen LogP contribution in [0.5, 0.6) is 5.75 Å². The molecule has 0 aliphatic carbocycles. The van der Waals surface area contributed by atoms with E-state index in [1.807, 2.05) is 12.1 Å². The van der Waals surface area contributed by atoms with Crippen LogP contribution in [0, 0.1) is 11.6 Å². The van der Waals surface area contributed by atoms with Crippen LogP contribution in [0.1, 0.15) is 10.4 Å². The van der Waals surface area contributed by atoms with Gasteiger partial charge in [-0.3, -0.25) is 15.6 Å². The van der Waals surface area contributed by atoms with Crippen LogP contribution in [0.25, 0.3) is 10.2 Å². The van der Waals surface area contributed by atoms with Crippen molar-refractivity contribution in [3.63, 3.8) is 0 Å². The molecule has 0 radical (unpaired) electrons. The number of benzene rings is 2. The molecule has 0 bridgehead atoms. The molecule has 1 amide bonds. The predicted octanol–water partition coefficient (Wildman–Crippen LogP) is 3.34. The first-order valence-corrected chi connectivity index (χ1v) is 7.35. The number of ether oxygens (including phenoxy) is 1. The summed E-state index contributed by atoms with van der Waals surface area (Å²) in [6, 6.07) is 8.64. The molecule has 3 aromatic rings. The summed E-state index contributed by atoms with van der Waals surface area (Å²) < 4.78 is 33.1. The molecule has 0 unspecified atom stereocenters. The molecule has 2 N–H and O–H groups in total. The first-order chi connectivity index (χ1) is 11.1. The summed E-state index contributed by atoms with van der Waals surface area (Å²) in [6.07, 6.45) is 0. The summed E-state index contributed by atoms with van der Waals surface area (Å²) in [4.78, 5) is 16.2. The molecule has 23 heavy (non-hydrogen) atoms. The number of carbonyl (C=O) groups excluding carboxylic acids is 1. The lowest BCUT2D eigenvalue weighted by atomic mass is 10.2. The topological polar surface area (TPSA) is 63.2 Å². The van der Waals surface area contributed by atoms with E-state index in [0.717, 1.165) is 16.8 Å². The minimum absolute atomic E-state index is 0.370. The Kier molecular flexibility index (Phi) is 4.07. The highest BCUT2D eigenvalue weighted by Gasteiger charge is 2.17. The monoisotopic (exact) mass is 335 g/mol. The second-order valence-electron chi connectivity index (χ2n) is 4.50. The largest absolute Gasteiger partial charge is 0.494 e. The maximum absolute atomic E-state index is 13.5. The SMILES string of the molecule is COc1cccc2sc(NNC(=O)c3c(F)cccc3F)nc12. The number of aromatic nitrogens is 1. The highest BCUT2D eigenvalue weighted by Crippen LogP contribution is 2.31. The lowest BCUT2D eigenvalue weighted by Gasteiger charge is -2.07. The van der Waals surface area contributed by atoms with E-state index in [1.165, 1.54) is 24.5 Å². The van der Waals surface area contributed by atoms with E-state index < -0.39 is 23.1 Å². The third kappa shape index (κ3) is 2.93. The molecule has 0 atom stereocenters. The number of carbonyl (C=O) groups is 1. The maximum atomic E-state index is 13.5. The summed E-state index contributed by atoms with van der Waals surface area (Å²) in [5, 5.41) is 0.370. The van der Waals surface area contributed by atoms with Crippen molar-refractivity contribution < 1.29 is 18.3 Å². The number of fused-ring (bicyclic) bond motifs is 1. The summed E-state index contributed by atoms with van der Waals surface area (Å²) in [6.45, 7) is 0. The van der Waals surface area contributed by atoms with Gasteiger partial charge in [0.1, 0.15) is 28.5 Å². The summed E-state index contributed by atoms with van der Waals surface area (Å²) in [5.74, 6) is -2.20. The van der Waals surface area contributed by atoms with Crippen LogP contribution >= 0.6 is 11.3 Å². The maximum Gasteiger partial charge on any atom is 0.275 e. The van der Waals surface area contributed by atoms with Gasteiger partial charge in [0.2, 0.25) is 5.13 Å². The van der Waals surface area contributed by atoms with Gasteiger partial charge in [-0.1, -0.05) is 23.5 Å². The van der Waals surface area contributed by atoms with Gasteiger partial charge >= 0.3 is 0 Å². The van der Waals surface area contributed by atoms with Crippen LogP contribution in [0.15, 0.2) is 36.4 Å². The Morgan fingerprint density at radius 3 is 2.57 bits per heavy atom. The molecule has 118 valence electrons. The molecule has 1 heterocycles. The van der Waals surface area contributed by atoms with Gasteiger partial charge in [-0.2, -0.15) is 0 Å². The number of hydrogen-bond donors (Lipinski definition) is 2. The van der Waals surface area contributed by atoms with Gasteiger partial charge in [-0.25, -0.2) is 13.8 Å². The number of amides is 1. The van der Waals surface area contributed by atoms with Crippen LogP contribution < -0.4 is 15.6 Å². The first-order valence-electron chi connectivity index (χ1n) is 6.54. The quantitative estimate of drug-likeness (QED) is 0.718. The van der Waals surface area contributed by atoms with Crippen LogP contribution in [-0.4, -0.2) is 18.0 Å². The first kappa shape index (κ1) is 15.2. The van der Waals surface area contributed by atoms with Gasteiger partial charge < -0.3 is 4.74 Å². The normalized spacial score (nSPS) is 10.6. The molecule has 1 aromatic heterocycles. The van der Waals surface area contributed by atoms with E-state index in [2.05, 4.69) is 15.8 Å². The molecule has 0 fully saturated rings. The third-order valence-electron chi connectivity index (χ3n) is 3.07. The van der Waals surface area contributed by atoms with Crippen molar-refractivity contribution in [2.75, 3.05) is 12.5 Å². The van der Waals surface area contributed by atoms with Crippen LogP contribution in [0.4, 0.5) is 13.9 Å². The van der Waals surface area contributed by atoms with E-state index in [0.29, 0.717) is 16.4 Å². The number of hydrogen-bond acceptors (Lipinski definition) is 5. The fourth-order valence-electron chi connectivity index (χ4n) is 2.03. The zero-order valence-electron chi connectivity index (χ0n) is 11.9. The van der Waals surface area contributed by atoms with Crippen molar-refractivity contribution in [3.8, 4) is 5.75 Å². The molecule has 2 aromatic carbocycles. The van der Waals surface area contributed by atoms with Gasteiger partial charge in [0.15, 0.2) is 0 Å². The lowest BCUT2D eigenvalue weighted by Crippen LogP contribution is -2.30. The molecule has 0 aliphatic heterocycles. The van der Waals surface area contributed by atoms with Crippen molar-refractivity contribution in [1.29, 1.82) is 0 Å². The minimum Gasteiger partial charge on any atom is -0.494 e. The molecule has 8 heteroatoms. The number of halogens is 2. The van der Waals surface area contributed by atoms with Crippen molar-refractivity contribution in [3.05, 3.63) is 53.6 Å². The molecule has 0 saturated heterocycles. The van der Waals surface area contributed by atoms with E-state index >= 15 is 0 Å². The number of rotatable bonds is 4. The van der Waals surface area contributed by atoms with E-state index in [4.69, 9.17) is 4.74 Å². The molecule has 0 saturated carbocycles. The Labute approximate surface area is 133 Å². The predicted molar refractivity (Wildman–Crippen MR) is 83.6 cm³/mol. The van der Waals surface area contributed by atoms with Gasteiger partial charge in [-0.15, -0.1) is 0 Å². The second-order valence-corrected chi connectivity index (χ2v) is 5.53. The van der Waals surface area contributed by atoms with Crippen molar-refractivity contribution in [2.45, 2.75) is 0 Å². The fraction of sp³-hybridized carbons (Fsp3) is 0.0667. The van der Waals surface area contributed by atoms with Gasteiger partial charge in [0, 0.05) is 0 Å². The van der Waals surface area contributed by atoms with Crippen molar-refractivity contribution in [1.82, 2.24) is 10.4 Å². The third-order valence-corrected chi connectivity index (χ3v) is 4.01. The smallest absolute Gasteiger partial charge is 0.275 e. The van der Waals surface area contributed by atoms with Crippen molar-refractivity contribution >= 4 is 32.6 Å². The molecule has 0 spiro atoms. The average molecular weight is 335 g/mol. The van der Waals surface area contributed by atoms with Crippen LogP contribution in [-0.2, 0) is 0 Å². The Morgan fingerprint density at radius 2 is 1.87 bits per heavy atom. The zero-order chi connectivity index (χ0) is 16.4. The number of thiazole rings is 1. The number of methoxy groups -OCH3 is 1. The Balaban J connectivity index is 1.79. The Morgan fingerprint density at radius 1 is 1.17 bits per heavy atom. The fourth-order valence-corrected chi connectivity index (χ4v) is 2.87. The van der Waals surface area contributed by atoms with Gasteiger partial charge in [-0.05, 0) is 24.3 Å². The van der Waals surface area contributed by atoms with E-state index in [-0.39, 0.29) is 0 Å². The second kappa shape index (κ2) is 6.17. The number of anilines is 1. The number of para-hydroxylation sites is 1. The minimum atomic E-state index is -0.935. The van der Waals surface area contributed by atoms with Crippen LogP contribution in [0.3, 0.4) is 0 Å². The highest BCUT2D eigenvalue weighted by atomic mass is 32.1. The molecule has 3 rings (SSSR count). The standard InChI is InChI=1S/C15H11F2N3O2S/c1-22-10-6-3-7-11-13(10)18-15(23-11)20-19-14(21)12-8(16)4-2-5-9(12)17/h2-7H,1H3,(H,18,20)(H,19,21). The molecular formula is C15H11F2N3O2S. The number of hydrazine groups is 1. The molecule has 5 nitrogen and oxygen atoms in total. The number of nitrogens with zero attached hydrogens (tertiary/aromatic N) is 1. The zero-order valence-corrected chi connectivity index (χ0v) is 12.7. The average Bonchev–Trinajstić information content (AvgIpc) is 2.95. The summed E-state index contributed by atoms with van der Waals surface area (Å²) in [7, 11) is 1.53.